The summed E-state index contributed by atoms with van der Waals surface area (Å²) in [5.41, 5.74) is 3.43. The third-order valence-corrected chi connectivity index (χ3v) is 3.86. The average Bonchev–Trinajstić information content (AvgIpc) is 2.78. The molecular formula is C21H23N3O7. The maximum atomic E-state index is 11.9. The van der Waals surface area contributed by atoms with Crippen LogP contribution in [0.2, 0.25) is 0 Å². The van der Waals surface area contributed by atoms with Gasteiger partial charge in [-0.05, 0) is 48.0 Å². The van der Waals surface area contributed by atoms with Gasteiger partial charge in [-0.2, -0.15) is 5.10 Å². The molecule has 10 heteroatoms. The number of ether oxygens (including phenoxy) is 4. The fraction of sp³-hybridized carbons (Fsp3) is 0.238. The summed E-state index contributed by atoms with van der Waals surface area (Å²) in [5, 5.41) is 6.43. The number of benzene rings is 2. The highest BCUT2D eigenvalue weighted by Crippen LogP contribution is 2.27. The topological polar surface area (TPSA) is 125 Å². The summed E-state index contributed by atoms with van der Waals surface area (Å²) >= 11 is 0. The molecule has 0 saturated heterocycles. The van der Waals surface area contributed by atoms with Gasteiger partial charge in [-0.15, -0.1) is 0 Å². The largest absolute Gasteiger partial charge is 0.497 e. The first-order chi connectivity index (χ1) is 14.9. The summed E-state index contributed by atoms with van der Waals surface area (Å²) in [5.74, 6) is -0.197. The average molecular weight is 429 g/mol. The van der Waals surface area contributed by atoms with Crippen LogP contribution in [-0.4, -0.2) is 51.9 Å². The molecule has 10 nitrogen and oxygen atoms in total. The summed E-state index contributed by atoms with van der Waals surface area (Å²) in [4.78, 5) is 35.0. The van der Waals surface area contributed by atoms with E-state index in [2.05, 4.69) is 20.6 Å². The van der Waals surface area contributed by atoms with E-state index in [1.54, 1.807) is 49.6 Å². The maximum Gasteiger partial charge on any atom is 0.343 e. The van der Waals surface area contributed by atoms with Crippen LogP contribution in [-0.2, 0) is 19.1 Å². The number of carbonyl (C=O) groups is 3. The number of methoxy groups -OCH3 is 3. The molecule has 0 atom stereocenters. The van der Waals surface area contributed by atoms with E-state index in [-0.39, 0.29) is 6.61 Å². The minimum atomic E-state index is -0.577. The summed E-state index contributed by atoms with van der Waals surface area (Å²) < 4.78 is 20.1. The van der Waals surface area contributed by atoms with Gasteiger partial charge in [-0.3, -0.25) is 9.59 Å². The third kappa shape index (κ3) is 7.69. The lowest BCUT2D eigenvalue weighted by Crippen LogP contribution is -2.24. The molecule has 0 aliphatic rings. The van der Waals surface area contributed by atoms with E-state index in [1.807, 2.05) is 0 Å². The Hall–Kier alpha value is -4.08. The van der Waals surface area contributed by atoms with Crippen LogP contribution in [0.3, 0.4) is 0 Å². The SMILES string of the molecule is COC(=O)COc1ccc(C=NNC(=O)CC(=O)Nc2ccc(OC)cc2)cc1OC. The fourth-order valence-electron chi connectivity index (χ4n) is 2.32. The van der Waals surface area contributed by atoms with Crippen LogP contribution in [0, 0.1) is 0 Å². The second kappa shape index (κ2) is 11.8. The van der Waals surface area contributed by atoms with Gasteiger partial charge in [0.05, 0.1) is 27.5 Å². The van der Waals surface area contributed by atoms with Crippen molar-refractivity contribution in [3.05, 3.63) is 48.0 Å². The van der Waals surface area contributed by atoms with Gasteiger partial charge in [-0.1, -0.05) is 0 Å². The lowest BCUT2D eigenvalue weighted by Gasteiger charge is -2.10. The lowest BCUT2D eigenvalue weighted by atomic mass is 10.2. The summed E-state index contributed by atoms with van der Waals surface area (Å²) in [6, 6.07) is 11.6. The Morgan fingerprint density at radius 1 is 0.935 bits per heavy atom. The van der Waals surface area contributed by atoms with E-state index in [9.17, 15) is 14.4 Å². The molecule has 2 amide bonds. The zero-order chi connectivity index (χ0) is 22.6. The van der Waals surface area contributed by atoms with Gasteiger partial charge >= 0.3 is 5.97 Å². The molecule has 0 aromatic heterocycles. The number of hydrogen-bond acceptors (Lipinski definition) is 8. The van der Waals surface area contributed by atoms with Gasteiger partial charge in [0.15, 0.2) is 18.1 Å². The number of hydrazone groups is 1. The van der Waals surface area contributed by atoms with E-state index in [1.165, 1.54) is 20.4 Å². The normalized spacial score (nSPS) is 10.3. The second-order valence-electron chi connectivity index (χ2n) is 6.02. The summed E-state index contributed by atoms with van der Waals surface area (Å²) in [6.07, 6.45) is 0.985. The number of nitrogens with one attached hydrogen (secondary N) is 2. The van der Waals surface area contributed by atoms with E-state index < -0.39 is 24.2 Å². The molecule has 0 saturated carbocycles. The Kier molecular flexibility index (Phi) is 8.84. The first-order valence-electron chi connectivity index (χ1n) is 9.08. The summed E-state index contributed by atoms with van der Waals surface area (Å²) in [7, 11) is 4.26. The number of nitrogens with zero attached hydrogens (tertiary/aromatic N) is 1. The van der Waals surface area contributed by atoms with Gasteiger partial charge < -0.3 is 24.3 Å². The Balaban J connectivity index is 1.85. The van der Waals surface area contributed by atoms with Crippen molar-refractivity contribution >= 4 is 29.7 Å². The smallest absolute Gasteiger partial charge is 0.343 e. The van der Waals surface area contributed by atoms with Crippen molar-refractivity contribution in [2.24, 2.45) is 5.10 Å². The van der Waals surface area contributed by atoms with Gasteiger partial charge in [-0.25, -0.2) is 10.2 Å². The predicted molar refractivity (Wildman–Crippen MR) is 112 cm³/mol. The molecule has 2 aromatic carbocycles. The molecule has 2 rings (SSSR count). The molecule has 0 aliphatic heterocycles. The second-order valence-corrected chi connectivity index (χ2v) is 6.02. The van der Waals surface area contributed by atoms with E-state index >= 15 is 0 Å². The maximum absolute atomic E-state index is 11.9. The van der Waals surface area contributed by atoms with Gasteiger partial charge in [0, 0.05) is 5.69 Å². The highest BCUT2D eigenvalue weighted by Gasteiger charge is 2.10. The molecule has 2 N–H and O–H groups in total. The van der Waals surface area contributed by atoms with Crippen molar-refractivity contribution in [3.8, 4) is 17.2 Å². The molecule has 0 unspecified atom stereocenters. The molecule has 2 aromatic rings. The number of amides is 2. The summed E-state index contributed by atoms with van der Waals surface area (Å²) in [6.45, 7) is -0.255. The van der Waals surface area contributed by atoms with Crippen LogP contribution < -0.4 is 25.0 Å². The van der Waals surface area contributed by atoms with Crippen LogP contribution in [0.15, 0.2) is 47.6 Å². The minimum absolute atomic E-state index is 0.255. The van der Waals surface area contributed by atoms with Crippen molar-refractivity contribution in [2.45, 2.75) is 6.42 Å². The molecule has 31 heavy (non-hydrogen) atoms. The van der Waals surface area contributed by atoms with E-state index in [0.717, 1.165) is 0 Å². The minimum Gasteiger partial charge on any atom is -0.497 e. The van der Waals surface area contributed by atoms with Gasteiger partial charge in [0.1, 0.15) is 12.2 Å². The monoisotopic (exact) mass is 429 g/mol. The molecule has 164 valence electrons. The van der Waals surface area contributed by atoms with Crippen LogP contribution in [0.1, 0.15) is 12.0 Å². The Bertz CT molecular complexity index is 942. The highest BCUT2D eigenvalue weighted by molar-refractivity contribution is 6.03. The first-order valence-corrected chi connectivity index (χ1v) is 9.08. The zero-order valence-electron chi connectivity index (χ0n) is 17.3. The van der Waals surface area contributed by atoms with Crippen molar-refractivity contribution in [1.29, 1.82) is 0 Å². The van der Waals surface area contributed by atoms with Crippen LogP contribution in [0.5, 0.6) is 17.2 Å². The molecule has 0 aliphatic carbocycles. The van der Waals surface area contributed by atoms with Gasteiger partial charge in [0.2, 0.25) is 11.8 Å². The molecular weight excluding hydrogens is 406 g/mol. The molecule has 0 spiro atoms. The van der Waals surface area contributed by atoms with Crippen LogP contribution >= 0.6 is 0 Å². The van der Waals surface area contributed by atoms with Crippen molar-refractivity contribution in [3.63, 3.8) is 0 Å². The third-order valence-electron chi connectivity index (χ3n) is 3.86. The number of hydrogen-bond donors (Lipinski definition) is 2. The first kappa shape index (κ1) is 23.2. The van der Waals surface area contributed by atoms with Crippen molar-refractivity contribution in [2.75, 3.05) is 33.3 Å². The predicted octanol–water partition coefficient (Wildman–Crippen LogP) is 1.73. The molecule has 0 fully saturated rings. The quantitative estimate of drug-likeness (QED) is 0.255. The molecule has 0 heterocycles. The molecule has 0 radical (unpaired) electrons. The van der Waals surface area contributed by atoms with Crippen molar-refractivity contribution < 1.29 is 33.3 Å². The standard InChI is InChI=1S/C21H23N3O7/c1-28-16-7-5-15(6-8-16)23-19(25)11-20(26)24-22-12-14-4-9-17(18(10-14)29-2)31-13-21(27)30-3/h4-10,12H,11,13H2,1-3H3,(H,23,25)(H,24,26). The Morgan fingerprint density at radius 2 is 1.68 bits per heavy atom. The van der Waals surface area contributed by atoms with Crippen LogP contribution in [0.25, 0.3) is 0 Å². The lowest BCUT2D eigenvalue weighted by molar-refractivity contribution is -0.143. The fourth-order valence-corrected chi connectivity index (χ4v) is 2.32. The van der Waals surface area contributed by atoms with Gasteiger partial charge in [0.25, 0.3) is 0 Å². The van der Waals surface area contributed by atoms with E-state index in [4.69, 9.17) is 14.2 Å². The van der Waals surface area contributed by atoms with Crippen LogP contribution in [0.4, 0.5) is 5.69 Å². The molecule has 0 bridgehead atoms. The van der Waals surface area contributed by atoms with E-state index in [0.29, 0.717) is 28.5 Å². The Labute approximate surface area is 179 Å². The number of anilines is 1. The van der Waals surface area contributed by atoms with Crippen molar-refractivity contribution in [1.82, 2.24) is 5.43 Å². The number of carbonyl (C=O) groups excluding carboxylic acids is 3. The highest BCUT2D eigenvalue weighted by atomic mass is 16.6. The Morgan fingerprint density at radius 3 is 2.32 bits per heavy atom. The zero-order valence-corrected chi connectivity index (χ0v) is 17.3. The number of esters is 1. The number of rotatable bonds is 10.